The number of aromatic nitrogens is 2. The summed E-state index contributed by atoms with van der Waals surface area (Å²) in [6, 6.07) is 7.08. The quantitative estimate of drug-likeness (QED) is 0.474. The maximum atomic E-state index is 13.4. The van der Waals surface area contributed by atoms with Crippen molar-refractivity contribution in [1.82, 2.24) is 19.6 Å². The molecule has 2 aliphatic rings. The number of hydrogen-bond acceptors (Lipinski definition) is 6. The third kappa shape index (κ3) is 4.77. The summed E-state index contributed by atoms with van der Waals surface area (Å²) in [6.45, 7) is 4.48. The number of imidazole rings is 1. The first-order chi connectivity index (χ1) is 17.3. The molecule has 10 heteroatoms. The highest BCUT2D eigenvalue weighted by Gasteiger charge is 2.38. The van der Waals surface area contributed by atoms with Gasteiger partial charge in [-0.15, -0.1) is 0 Å². The molecule has 1 aromatic carbocycles. The second-order valence-electron chi connectivity index (χ2n) is 9.42. The number of aliphatic imine (C=N–C) groups is 1. The van der Waals surface area contributed by atoms with Crippen LogP contribution in [0.25, 0.3) is 21.0 Å². The zero-order valence-corrected chi connectivity index (χ0v) is 22.0. The Kier molecular flexibility index (Phi) is 6.85. The average molecular weight is 526 g/mol. The molecule has 36 heavy (non-hydrogen) atoms. The van der Waals surface area contributed by atoms with Crippen molar-refractivity contribution in [3.05, 3.63) is 53.6 Å². The average Bonchev–Trinajstić information content (AvgIpc) is 3.64. The van der Waals surface area contributed by atoms with Crippen LogP contribution in [0, 0.1) is 5.92 Å². The number of alkyl carbamates (subject to hydrolysis) is 1. The van der Waals surface area contributed by atoms with Crippen LogP contribution in [0.5, 0.6) is 0 Å². The molecule has 2 atom stereocenters. The summed E-state index contributed by atoms with van der Waals surface area (Å²) in [4.78, 5) is 38.6. The number of fused-ring (bicyclic) bond motifs is 1. The Bertz CT molecular complexity index is 1330. The third-order valence-electron chi connectivity index (χ3n) is 6.68. The van der Waals surface area contributed by atoms with Gasteiger partial charge in [-0.05, 0) is 36.5 Å². The number of nitrogens with zero attached hydrogens (tertiary/aromatic N) is 4. The smallest absolute Gasteiger partial charge is 0.407 e. The molecule has 188 valence electrons. The van der Waals surface area contributed by atoms with Crippen LogP contribution >= 0.6 is 22.9 Å². The number of amides is 2. The van der Waals surface area contributed by atoms with Crippen molar-refractivity contribution < 1.29 is 14.3 Å². The SMILES string of the molecule is COC(=O)N[C@H](C(=O)N1CCCC1C1=NC=C(c2cn3cc(-c4ccc(Cl)cc4)sc3n2)C1)C(C)C. The van der Waals surface area contributed by atoms with Gasteiger partial charge in [0, 0.05) is 47.9 Å². The van der Waals surface area contributed by atoms with Crippen LogP contribution in [0.1, 0.15) is 38.8 Å². The lowest BCUT2D eigenvalue weighted by atomic mass is 9.99. The summed E-state index contributed by atoms with van der Waals surface area (Å²) in [5.41, 5.74) is 4.01. The molecule has 0 radical (unpaired) electrons. The number of hydrogen-bond donors (Lipinski definition) is 1. The van der Waals surface area contributed by atoms with E-state index >= 15 is 0 Å². The van der Waals surface area contributed by atoms with Crippen LogP contribution < -0.4 is 5.32 Å². The van der Waals surface area contributed by atoms with E-state index in [1.807, 2.05) is 59.8 Å². The fraction of sp³-hybridized carbons (Fsp3) is 0.385. The zero-order valence-electron chi connectivity index (χ0n) is 20.4. The van der Waals surface area contributed by atoms with E-state index in [-0.39, 0.29) is 17.9 Å². The van der Waals surface area contributed by atoms with Crippen LogP contribution in [0.4, 0.5) is 4.79 Å². The van der Waals surface area contributed by atoms with Gasteiger partial charge in [0.2, 0.25) is 5.91 Å². The number of likely N-dealkylation sites (tertiary alicyclic amines) is 1. The number of carbonyl (C=O) groups is 2. The fourth-order valence-corrected chi connectivity index (χ4v) is 5.86. The normalized spacial score (nSPS) is 18.5. The molecule has 5 rings (SSSR count). The molecule has 0 bridgehead atoms. The number of methoxy groups -OCH3 is 1. The van der Waals surface area contributed by atoms with Gasteiger partial charge in [0.25, 0.3) is 0 Å². The van der Waals surface area contributed by atoms with Gasteiger partial charge in [-0.3, -0.25) is 14.2 Å². The minimum Gasteiger partial charge on any atom is -0.453 e. The van der Waals surface area contributed by atoms with Crippen LogP contribution in [-0.2, 0) is 9.53 Å². The van der Waals surface area contributed by atoms with Crippen molar-refractivity contribution in [3.8, 4) is 10.4 Å². The first kappa shape index (κ1) is 24.5. The molecule has 1 fully saturated rings. The number of nitrogens with one attached hydrogen (secondary N) is 1. The van der Waals surface area contributed by atoms with Crippen LogP contribution in [0.3, 0.4) is 0 Å². The van der Waals surface area contributed by atoms with E-state index in [9.17, 15) is 9.59 Å². The number of thiazole rings is 1. The molecule has 1 unspecified atom stereocenters. The fourth-order valence-electron chi connectivity index (χ4n) is 4.76. The van der Waals surface area contributed by atoms with Gasteiger partial charge in [-0.2, -0.15) is 0 Å². The van der Waals surface area contributed by atoms with Gasteiger partial charge in [0.05, 0.1) is 23.7 Å². The molecule has 3 aromatic rings. The molecular formula is C26H28ClN5O3S. The van der Waals surface area contributed by atoms with Crippen LogP contribution in [0.2, 0.25) is 5.02 Å². The van der Waals surface area contributed by atoms with E-state index in [0.29, 0.717) is 18.0 Å². The summed E-state index contributed by atoms with van der Waals surface area (Å²) < 4.78 is 6.76. The topological polar surface area (TPSA) is 88.3 Å². The van der Waals surface area contributed by atoms with Crippen molar-refractivity contribution in [2.75, 3.05) is 13.7 Å². The number of benzene rings is 1. The van der Waals surface area contributed by atoms with Crippen molar-refractivity contribution in [1.29, 1.82) is 0 Å². The second-order valence-corrected chi connectivity index (χ2v) is 10.9. The monoisotopic (exact) mass is 525 g/mol. The van der Waals surface area contributed by atoms with E-state index in [1.165, 1.54) is 7.11 Å². The minimum absolute atomic E-state index is 0.0618. The van der Waals surface area contributed by atoms with Gasteiger partial charge < -0.3 is 15.0 Å². The summed E-state index contributed by atoms with van der Waals surface area (Å²) in [7, 11) is 1.30. The van der Waals surface area contributed by atoms with Gasteiger partial charge in [0.15, 0.2) is 4.96 Å². The van der Waals surface area contributed by atoms with Crippen molar-refractivity contribution >= 4 is 51.2 Å². The number of carbonyl (C=O) groups excluding carboxylic acids is 2. The highest BCUT2D eigenvalue weighted by molar-refractivity contribution is 7.20. The third-order valence-corrected chi connectivity index (χ3v) is 7.98. The molecule has 4 heterocycles. The molecule has 2 aromatic heterocycles. The second kappa shape index (κ2) is 10.1. The first-order valence-corrected chi connectivity index (χ1v) is 13.2. The predicted octanol–water partition coefficient (Wildman–Crippen LogP) is 5.27. The summed E-state index contributed by atoms with van der Waals surface area (Å²) >= 11 is 7.64. The van der Waals surface area contributed by atoms with Gasteiger partial charge in [-0.25, -0.2) is 9.78 Å². The van der Waals surface area contributed by atoms with Crippen LogP contribution in [0.15, 0.2) is 47.9 Å². The van der Waals surface area contributed by atoms with Crippen molar-refractivity contribution in [2.24, 2.45) is 10.9 Å². The molecule has 0 spiro atoms. The Morgan fingerprint density at radius 1 is 1.22 bits per heavy atom. The zero-order chi connectivity index (χ0) is 25.4. The summed E-state index contributed by atoms with van der Waals surface area (Å²) in [6.07, 6.45) is 7.80. The standard InChI is InChI=1S/C26H28ClN5O3S/c1-15(2)23(30-26(34)35-3)24(33)32-10-4-5-21(32)19-11-17(12-28-19)20-13-31-14-22(36-25(31)29-20)16-6-8-18(27)9-7-16/h6-9,12-15,21,23H,4-5,10-11H2,1-3H3,(H,30,34)/t21?,23-/m0/s1. The molecule has 2 amide bonds. The molecule has 8 nitrogen and oxygen atoms in total. The van der Waals surface area contributed by atoms with E-state index in [0.717, 1.165) is 45.2 Å². The largest absolute Gasteiger partial charge is 0.453 e. The van der Waals surface area contributed by atoms with Gasteiger partial charge in [0.1, 0.15) is 6.04 Å². The van der Waals surface area contributed by atoms with E-state index in [1.54, 1.807) is 11.3 Å². The molecule has 1 saturated heterocycles. The summed E-state index contributed by atoms with van der Waals surface area (Å²) in [5.74, 6) is -0.153. The maximum Gasteiger partial charge on any atom is 0.407 e. The molecule has 0 saturated carbocycles. The van der Waals surface area contributed by atoms with Crippen molar-refractivity contribution in [2.45, 2.75) is 45.2 Å². The Balaban J connectivity index is 1.28. The van der Waals surface area contributed by atoms with E-state index in [4.69, 9.17) is 26.3 Å². The van der Waals surface area contributed by atoms with Crippen molar-refractivity contribution in [3.63, 3.8) is 0 Å². The van der Waals surface area contributed by atoms with Gasteiger partial charge in [-0.1, -0.05) is 48.9 Å². The van der Waals surface area contributed by atoms with E-state index < -0.39 is 12.1 Å². The maximum absolute atomic E-state index is 13.4. The minimum atomic E-state index is -0.637. The van der Waals surface area contributed by atoms with Gasteiger partial charge >= 0.3 is 6.09 Å². The number of allylic oxidation sites excluding steroid dienone is 1. The first-order valence-electron chi connectivity index (χ1n) is 12.0. The Morgan fingerprint density at radius 3 is 2.69 bits per heavy atom. The van der Waals surface area contributed by atoms with E-state index in [2.05, 4.69) is 11.5 Å². The molecule has 2 aliphatic heterocycles. The molecule has 1 N–H and O–H groups in total. The predicted molar refractivity (Wildman–Crippen MR) is 142 cm³/mol. The number of ether oxygens (including phenoxy) is 1. The molecular weight excluding hydrogens is 498 g/mol. The number of rotatable bonds is 6. The Hall–Kier alpha value is -3.17. The summed E-state index contributed by atoms with van der Waals surface area (Å²) in [5, 5.41) is 3.41. The highest BCUT2D eigenvalue weighted by Crippen LogP contribution is 2.33. The Morgan fingerprint density at radius 2 is 2.00 bits per heavy atom. The lowest BCUT2D eigenvalue weighted by Gasteiger charge is -2.31. The Labute approximate surface area is 218 Å². The lowest BCUT2D eigenvalue weighted by molar-refractivity contribution is -0.134. The highest BCUT2D eigenvalue weighted by atomic mass is 35.5. The lowest BCUT2D eigenvalue weighted by Crippen LogP contribution is -2.53. The number of halogens is 1. The van der Waals surface area contributed by atoms with Crippen LogP contribution in [-0.4, -0.2) is 57.7 Å². The molecule has 0 aliphatic carbocycles.